The Hall–Kier alpha value is -2.04. The lowest BCUT2D eigenvalue weighted by Crippen LogP contribution is -2.08. The zero-order valence-corrected chi connectivity index (χ0v) is 8.01. The molecule has 0 aliphatic rings. The van der Waals surface area contributed by atoms with Crippen LogP contribution in [0.2, 0.25) is 0 Å². The Balaban J connectivity index is 2.66. The van der Waals surface area contributed by atoms with Crippen LogP contribution in [0.25, 0.3) is 5.69 Å². The first-order valence-corrected chi connectivity index (χ1v) is 4.36. The molecule has 0 unspecified atom stereocenters. The topological polar surface area (TPSA) is 47.8 Å². The molecule has 0 aliphatic heterocycles. The minimum absolute atomic E-state index is 0.00806. The maximum atomic E-state index is 13.4. The van der Waals surface area contributed by atoms with E-state index < -0.39 is 5.82 Å². The molecule has 15 heavy (non-hydrogen) atoms. The lowest BCUT2D eigenvalue weighted by atomic mass is 10.1. The predicted molar refractivity (Wildman–Crippen MR) is 51.3 cm³/mol. The second-order valence-corrected chi connectivity index (χ2v) is 3.01. The Morgan fingerprint density at radius 1 is 1.33 bits per heavy atom. The van der Waals surface area contributed by atoms with E-state index in [1.54, 1.807) is 6.07 Å². The summed E-state index contributed by atoms with van der Waals surface area (Å²) in [6.07, 6.45) is 2.93. The summed E-state index contributed by atoms with van der Waals surface area (Å²) in [5.41, 5.74) is 0.362. The molecule has 76 valence electrons. The van der Waals surface area contributed by atoms with Crippen molar-refractivity contribution in [2.45, 2.75) is 6.92 Å². The Kier molecular flexibility index (Phi) is 2.29. The highest BCUT2D eigenvalue weighted by molar-refractivity contribution is 5.97. The highest BCUT2D eigenvalue weighted by Gasteiger charge is 2.14. The fraction of sp³-hybridized carbons (Fsp3) is 0.100. The number of hydrogen-bond donors (Lipinski definition) is 0. The monoisotopic (exact) mass is 205 g/mol. The van der Waals surface area contributed by atoms with Crippen molar-refractivity contribution in [2.24, 2.45) is 0 Å². The zero-order chi connectivity index (χ0) is 10.8. The average molecular weight is 205 g/mol. The lowest BCUT2D eigenvalue weighted by Gasteiger charge is -2.05. The van der Waals surface area contributed by atoms with Crippen LogP contribution in [-0.4, -0.2) is 20.8 Å². The van der Waals surface area contributed by atoms with Crippen molar-refractivity contribution in [1.82, 2.24) is 15.0 Å². The third-order valence-corrected chi connectivity index (χ3v) is 1.98. The highest BCUT2D eigenvalue weighted by Crippen LogP contribution is 2.16. The Bertz CT molecular complexity index is 493. The Morgan fingerprint density at radius 3 is 2.60 bits per heavy atom. The van der Waals surface area contributed by atoms with E-state index in [0.29, 0.717) is 5.69 Å². The van der Waals surface area contributed by atoms with Gasteiger partial charge in [0.2, 0.25) is 0 Å². The van der Waals surface area contributed by atoms with Gasteiger partial charge in [-0.2, -0.15) is 15.0 Å². The normalized spacial score (nSPS) is 10.3. The van der Waals surface area contributed by atoms with Crippen LogP contribution in [0.1, 0.15) is 17.3 Å². The van der Waals surface area contributed by atoms with Crippen molar-refractivity contribution in [3.8, 4) is 5.69 Å². The summed E-state index contributed by atoms with van der Waals surface area (Å²) in [6.45, 7) is 1.31. The van der Waals surface area contributed by atoms with Crippen molar-refractivity contribution < 1.29 is 9.18 Å². The van der Waals surface area contributed by atoms with E-state index in [9.17, 15) is 9.18 Å². The summed E-state index contributed by atoms with van der Waals surface area (Å²) in [7, 11) is 0. The standard InChI is InChI=1S/C10H8FN3O/c1-7(15)10-8(11)3-2-4-9(10)14-12-5-6-13-14/h2-6H,1H3. The second-order valence-electron chi connectivity index (χ2n) is 3.01. The maximum absolute atomic E-state index is 13.4. The van der Waals surface area contributed by atoms with E-state index >= 15 is 0 Å². The molecule has 2 rings (SSSR count). The first-order valence-electron chi connectivity index (χ1n) is 4.36. The number of aromatic nitrogens is 3. The predicted octanol–water partition coefficient (Wildman–Crippen LogP) is 1.61. The fourth-order valence-corrected chi connectivity index (χ4v) is 1.37. The van der Waals surface area contributed by atoms with Gasteiger partial charge in [0.25, 0.3) is 0 Å². The highest BCUT2D eigenvalue weighted by atomic mass is 19.1. The third kappa shape index (κ3) is 1.63. The largest absolute Gasteiger partial charge is 0.294 e. The van der Waals surface area contributed by atoms with Gasteiger partial charge in [-0.25, -0.2) is 4.39 Å². The van der Waals surface area contributed by atoms with Crippen molar-refractivity contribution in [1.29, 1.82) is 0 Å². The van der Waals surface area contributed by atoms with Gasteiger partial charge in [0.1, 0.15) is 5.82 Å². The number of carbonyl (C=O) groups is 1. The van der Waals surface area contributed by atoms with Crippen LogP contribution in [0, 0.1) is 5.82 Å². The SMILES string of the molecule is CC(=O)c1c(F)cccc1-n1nccn1. The van der Waals surface area contributed by atoms with Gasteiger partial charge in [-0.1, -0.05) is 6.07 Å². The van der Waals surface area contributed by atoms with Crippen LogP contribution in [0.5, 0.6) is 0 Å². The molecule has 1 aromatic heterocycles. The van der Waals surface area contributed by atoms with Gasteiger partial charge < -0.3 is 0 Å². The van der Waals surface area contributed by atoms with Gasteiger partial charge in [-0.3, -0.25) is 4.79 Å². The number of halogens is 1. The van der Waals surface area contributed by atoms with Crippen LogP contribution in [0.4, 0.5) is 4.39 Å². The first-order chi connectivity index (χ1) is 7.20. The molecule has 4 nitrogen and oxygen atoms in total. The molecule has 1 heterocycles. The molecule has 0 saturated carbocycles. The average Bonchev–Trinajstić information content (AvgIpc) is 2.69. The molecular formula is C10H8FN3O. The molecule has 0 saturated heterocycles. The molecule has 0 aliphatic carbocycles. The summed E-state index contributed by atoms with van der Waals surface area (Å²) in [5.74, 6) is -0.905. The van der Waals surface area contributed by atoms with Gasteiger partial charge in [-0.15, -0.1) is 0 Å². The number of carbonyl (C=O) groups excluding carboxylic acids is 1. The summed E-state index contributed by atoms with van der Waals surface area (Å²) in [4.78, 5) is 12.5. The molecule has 0 spiro atoms. The van der Waals surface area contributed by atoms with Crippen LogP contribution in [0.3, 0.4) is 0 Å². The van der Waals surface area contributed by atoms with Gasteiger partial charge in [-0.05, 0) is 19.1 Å². The van der Waals surface area contributed by atoms with E-state index in [4.69, 9.17) is 0 Å². The minimum Gasteiger partial charge on any atom is -0.294 e. The summed E-state index contributed by atoms with van der Waals surface area (Å²) < 4.78 is 13.4. The smallest absolute Gasteiger partial charge is 0.164 e. The van der Waals surface area contributed by atoms with Crippen LogP contribution in [0.15, 0.2) is 30.6 Å². The number of hydrogen-bond acceptors (Lipinski definition) is 3. The Morgan fingerprint density at radius 2 is 2.00 bits per heavy atom. The van der Waals surface area contributed by atoms with Crippen LogP contribution < -0.4 is 0 Å². The van der Waals surface area contributed by atoms with E-state index in [-0.39, 0.29) is 11.3 Å². The molecule has 2 aromatic rings. The van der Waals surface area contributed by atoms with Crippen molar-refractivity contribution in [3.63, 3.8) is 0 Å². The molecule has 1 aromatic carbocycles. The van der Waals surface area contributed by atoms with Crippen LogP contribution in [-0.2, 0) is 0 Å². The molecule has 5 heteroatoms. The summed E-state index contributed by atoms with van der Waals surface area (Å²) in [5, 5.41) is 7.71. The van der Waals surface area contributed by atoms with E-state index in [1.807, 2.05) is 0 Å². The van der Waals surface area contributed by atoms with Crippen molar-refractivity contribution in [2.75, 3.05) is 0 Å². The summed E-state index contributed by atoms with van der Waals surface area (Å²) in [6, 6.07) is 4.35. The number of Topliss-reactive ketones (excluding diaryl/α,β-unsaturated/α-hetero) is 1. The van der Waals surface area contributed by atoms with Gasteiger partial charge in [0, 0.05) is 0 Å². The quantitative estimate of drug-likeness (QED) is 0.700. The van der Waals surface area contributed by atoms with E-state index in [0.717, 1.165) is 0 Å². The third-order valence-electron chi connectivity index (χ3n) is 1.98. The minimum atomic E-state index is -0.558. The molecule has 0 N–H and O–H groups in total. The molecular weight excluding hydrogens is 197 g/mol. The lowest BCUT2D eigenvalue weighted by molar-refractivity contribution is 0.101. The number of nitrogens with zero attached hydrogens (tertiary/aromatic N) is 3. The maximum Gasteiger partial charge on any atom is 0.164 e. The number of rotatable bonds is 2. The first kappa shape index (κ1) is 9.51. The van der Waals surface area contributed by atoms with E-state index in [2.05, 4.69) is 10.2 Å². The fourth-order valence-electron chi connectivity index (χ4n) is 1.37. The van der Waals surface area contributed by atoms with Gasteiger partial charge >= 0.3 is 0 Å². The number of ketones is 1. The Labute approximate surface area is 85.3 Å². The van der Waals surface area contributed by atoms with Crippen LogP contribution >= 0.6 is 0 Å². The van der Waals surface area contributed by atoms with Gasteiger partial charge in [0.15, 0.2) is 5.78 Å². The molecule has 0 amide bonds. The molecule has 0 radical (unpaired) electrons. The molecule has 0 fully saturated rings. The second kappa shape index (κ2) is 3.61. The number of benzene rings is 1. The van der Waals surface area contributed by atoms with Gasteiger partial charge in [0.05, 0.1) is 23.6 Å². The van der Waals surface area contributed by atoms with Crippen molar-refractivity contribution >= 4 is 5.78 Å². The zero-order valence-electron chi connectivity index (χ0n) is 8.01. The molecule has 0 bridgehead atoms. The molecule has 0 atom stereocenters. The van der Waals surface area contributed by atoms with Crippen molar-refractivity contribution in [3.05, 3.63) is 42.0 Å². The van der Waals surface area contributed by atoms with E-state index in [1.165, 1.54) is 36.2 Å². The summed E-state index contributed by atoms with van der Waals surface area (Å²) >= 11 is 0.